The Kier molecular flexibility index (Phi) is 3.55. The van der Waals surface area contributed by atoms with Crippen LogP contribution in [0.4, 0.5) is 5.69 Å². The van der Waals surface area contributed by atoms with Crippen LogP contribution in [0.25, 0.3) is 0 Å². The number of hydrogen-bond acceptors (Lipinski definition) is 4. The van der Waals surface area contributed by atoms with E-state index in [2.05, 4.69) is 4.72 Å². The first-order valence-electron chi connectivity index (χ1n) is 5.18. The van der Waals surface area contributed by atoms with Crippen LogP contribution in [-0.2, 0) is 10.0 Å². The smallest absolute Gasteiger partial charge is 0.261 e. The fourth-order valence-corrected chi connectivity index (χ4v) is 2.65. The molecule has 0 unspecified atom stereocenters. The fraction of sp³-hybridized carbons (Fsp3) is 0. The Hall–Kier alpha value is -1.92. The minimum Gasteiger partial charge on any atom is -0.508 e. The molecule has 2 aromatic rings. The van der Waals surface area contributed by atoms with Gasteiger partial charge < -0.3 is 10.2 Å². The molecule has 0 fully saturated rings. The first-order chi connectivity index (χ1) is 8.87. The van der Waals surface area contributed by atoms with E-state index >= 15 is 0 Å². The lowest BCUT2D eigenvalue weighted by molar-refractivity contribution is 0.451. The predicted octanol–water partition coefficient (Wildman–Crippen LogP) is 2.55. The quantitative estimate of drug-likeness (QED) is 0.813. The number of rotatable bonds is 3. The van der Waals surface area contributed by atoms with E-state index in [0.717, 1.165) is 6.07 Å². The number of anilines is 1. The van der Waals surface area contributed by atoms with Gasteiger partial charge >= 0.3 is 0 Å². The van der Waals surface area contributed by atoms with E-state index in [1.807, 2.05) is 0 Å². The van der Waals surface area contributed by atoms with Crippen molar-refractivity contribution in [3.63, 3.8) is 0 Å². The summed E-state index contributed by atoms with van der Waals surface area (Å²) in [7, 11) is -3.79. The lowest BCUT2D eigenvalue weighted by Gasteiger charge is -2.09. The highest BCUT2D eigenvalue weighted by Crippen LogP contribution is 2.26. The zero-order valence-corrected chi connectivity index (χ0v) is 11.1. The first-order valence-corrected chi connectivity index (χ1v) is 7.04. The predicted molar refractivity (Wildman–Crippen MR) is 72.0 cm³/mol. The highest BCUT2D eigenvalue weighted by Gasteiger charge is 2.14. The summed E-state index contributed by atoms with van der Waals surface area (Å²) in [4.78, 5) is 0.0275. The Morgan fingerprint density at radius 3 is 2.00 bits per heavy atom. The van der Waals surface area contributed by atoms with Gasteiger partial charge in [0.25, 0.3) is 10.0 Å². The molecule has 0 aliphatic rings. The summed E-state index contributed by atoms with van der Waals surface area (Å²) in [6.45, 7) is 0. The summed E-state index contributed by atoms with van der Waals surface area (Å²) in [6.07, 6.45) is 0. The van der Waals surface area contributed by atoms with Crippen LogP contribution in [0.3, 0.4) is 0 Å². The van der Waals surface area contributed by atoms with E-state index < -0.39 is 10.0 Å². The third kappa shape index (κ3) is 3.30. The second-order valence-corrected chi connectivity index (χ2v) is 5.92. The van der Waals surface area contributed by atoms with E-state index in [1.54, 1.807) is 0 Å². The number of nitrogens with one attached hydrogen (secondary N) is 1. The molecule has 19 heavy (non-hydrogen) atoms. The number of halogens is 1. The van der Waals surface area contributed by atoms with Crippen LogP contribution in [0.1, 0.15) is 0 Å². The van der Waals surface area contributed by atoms with Crippen molar-refractivity contribution in [1.82, 2.24) is 0 Å². The second-order valence-electron chi connectivity index (χ2n) is 3.80. The van der Waals surface area contributed by atoms with Crippen molar-refractivity contribution in [2.75, 3.05) is 4.72 Å². The molecule has 0 heterocycles. The van der Waals surface area contributed by atoms with Gasteiger partial charge in [0.2, 0.25) is 0 Å². The molecule has 0 atom stereocenters. The van der Waals surface area contributed by atoms with Gasteiger partial charge in [0.05, 0.1) is 10.6 Å². The molecule has 7 heteroatoms. The lowest BCUT2D eigenvalue weighted by Crippen LogP contribution is -2.12. The molecule has 0 spiro atoms. The van der Waals surface area contributed by atoms with Crippen molar-refractivity contribution in [3.8, 4) is 11.5 Å². The summed E-state index contributed by atoms with van der Waals surface area (Å²) in [5, 5.41) is 19.0. The van der Waals surface area contributed by atoms with E-state index in [4.69, 9.17) is 11.6 Å². The molecule has 2 rings (SSSR count). The normalized spacial score (nSPS) is 11.2. The van der Waals surface area contributed by atoms with Gasteiger partial charge in [-0.3, -0.25) is 4.72 Å². The third-order valence-electron chi connectivity index (χ3n) is 2.28. The highest BCUT2D eigenvalue weighted by atomic mass is 35.5. The topological polar surface area (TPSA) is 86.6 Å². The second kappa shape index (κ2) is 4.99. The molecule has 0 aliphatic heterocycles. The Morgan fingerprint density at radius 2 is 1.47 bits per heavy atom. The zero-order chi connectivity index (χ0) is 14.0. The van der Waals surface area contributed by atoms with Gasteiger partial charge in [0.1, 0.15) is 11.5 Å². The molecule has 2 aromatic carbocycles. The van der Waals surface area contributed by atoms with E-state index in [-0.39, 0.29) is 22.1 Å². The molecular formula is C12H10ClNO4S. The van der Waals surface area contributed by atoms with Gasteiger partial charge in [-0.05, 0) is 24.3 Å². The molecule has 0 bridgehead atoms. The average Bonchev–Trinajstić information content (AvgIpc) is 2.27. The molecule has 0 aliphatic carbocycles. The molecule has 0 aromatic heterocycles. The molecule has 0 amide bonds. The molecular weight excluding hydrogens is 290 g/mol. The Morgan fingerprint density at radius 1 is 0.947 bits per heavy atom. The standard InChI is InChI=1S/C12H10ClNO4S/c13-8-1-3-12(4-2-8)19(17,18)14-9-5-10(15)7-11(16)6-9/h1-7,14-16H. The molecule has 0 radical (unpaired) electrons. The number of aromatic hydroxyl groups is 2. The highest BCUT2D eigenvalue weighted by molar-refractivity contribution is 7.92. The first kappa shape index (κ1) is 13.5. The SMILES string of the molecule is O=S(=O)(Nc1cc(O)cc(O)c1)c1ccc(Cl)cc1. The maximum absolute atomic E-state index is 12.0. The van der Waals surface area contributed by atoms with Crippen LogP contribution in [0.2, 0.25) is 5.02 Å². The third-order valence-corrected chi connectivity index (χ3v) is 3.93. The van der Waals surface area contributed by atoms with Crippen molar-refractivity contribution in [2.45, 2.75) is 4.90 Å². The summed E-state index contributed by atoms with van der Waals surface area (Å²) in [6, 6.07) is 9.09. The Balaban J connectivity index is 2.33. The van der Waals surface area contributed by atoms with E-state index in [1.165, 1.54) is 36.4 Å². The number of benzene rings is 2. The Labute approximate surface area is 115 Å². The summed E-state index contributed by atoms with van der Waals surface area (Å²) in [5.74, 6) is -0.484. The van der Waals surface area contributed by atoms with Crippen LogP contribution in [0.15, 0.2) is 47.4 Å². The molecule has 3 N–H and O–H groups in total. The van der Waals surface area contributed by atoms with Crippen molar-refractivity contribution in [2.24, 2.45) is 0 Å². The molecule has 5 nitrogen and oxygen atoms in total. The van der Waals surface area contributed by atoms with Crippen LogP contribution in [0, 0.1) is 0 Å². The minimum absolute atomic E-state index is 0.0275. The van der Waals surface area contributed by atoms with Crippen molar-refractivity contribution < 1.29 is 18.6 Å². The largest absolute Gasteiger partial charge is 0.508 e. The maximum Gasteiger partial charge on any atom is 0.261 e. The number of hydrogen-bond donors (Lipinski definition) is 3. The molecule has 0 saturated heterocycles. The average molecular weight is 300 g/mol. The number of phenolic OH excluding ortho intramolecular Hbond substituents is 2. The van der Waals surface area contributed by atoms with Gasteiger partial charge in [-0.2, -0.15) is 0 Å². The maximum atomic E-state index is 12.0. The van der Waals surface area contributed by atoms with Crippen LogP contribution >= 0.6 is 11.6 Å². The minimum atomic E-state index is -3.79. The lowest BCUT2D eigenvalue weighted by atomic mass is 10.3. The summed E-state index contributed by atoms with van der Waals surface area (Å²) in [5.41, 5.74) is 0.0625. The summed E-state index contributed by atoms with van der Waals surface area (Å²) < 4.78 is 26.3. The molecule has 0 saturated carbocycles. The number of phenols is 2. The number of sulfonamides is 1. The van der Waals surface area contributed by atoms with Gasteiger partial charge in [-0.15, -0.1) is 0 Å². The van der Waals surface area contributed by atoms with Gasteiger partial charge in [0, 0.05) is 23.2 Å². The van der Waals surface area contributed by atoms with E-state index in [0.29, 0.717) is 5.02 Å². The molecule has 100 valence electrons. The monoisotopic (exact) mass is 299 g/mol. The fourth-order valence-electron chi connectivity index (χ4n) is 1.48. The van der Waals surface area contributed by atoms with Crippen LogP contribution < -0.4 is 4.72 Å². The van der Waals surface area contributed by atoms with Crippen molar-refractivity contribution in [3.05, 3.63) is 47.5 Å². The zero-order valence-electron chi connectivity index (χ0n) is 9.54. The van der Waals surface area contributed by atoms with Crippen molar-refractivity contribution >= 4 is 27.3 Å². The van der Waals surface area contributed by atoms with Gasteiger partial charge in [-0.1, -0.05) is 11.6 Å². The van der Waals surface area contributed by atoms with Crippen LogP contribution in [-0.4, -0.2) is 18.6 Å². The summed E-state index contributed by atoms with van der Waals surface area (Å²) >= 11 is 5.68. The Bertz CT molecular complexity index is 678. The van der Waals surface area contributed by atoms with Gasteiger partial charge in [0.15, 0.2) is 0 Å². The van der Waals surface area contributed by atoms with Crippen molar-refractivity contribution in [1.29, 1.82) is 0 Å². The van der Waals surface area contributed by atoms with E-state index in [9.17, 15) is 18.6 Å². The van der Waals surface area contributed by atoms with Gasteiger partial charge in [-0.25, -0.2) is 8.42 Å². The van der Waals surface area contributed by atoms with Crippen LogP contribution in [0.5, 0.6) is 11.5 Å².